The van der Waals surface area contributed by atoms with Crippen molar-refractivity contribution in [3.05, 3.63) is 36.7 Å². The molecule has 1 aromatic carbocycles. The minimum Gasteiger partial charge on any atom is -0.507 e. The molecule has 3 aromatic rings. The molecule has 2 fully saturated rings. The number of rotatable bonds is 4. The minimum atomic E-state index is -1.02. The number of anilines is 1. The van der Waals surface area contributed by atoms with Gasteiger partial charge in [0, 0.05) is 30.4 Å². The van der Waals surface area contributed by atoms with Crippen molar-refractivity contribution in [1.29, 1.82) is 0 Å². The third-order valence-corrected chi connectivity index (χ3v) is 7.63. The van der Waals surface area contributed by atoms with Crippen molar-refractivity contribution in [2.45, 2.75) is 56.4 Å². The Morgan fingerprint density at radius 3 is 2.78 bits per heavy atom. The lowest BCUT2D eigenvalue weighted by Crippen LogP contribution is -2.68. The molecule has 188 valence electrons. The van der Waals surface area contributed by atoms with Crippen LogP contribution in [0, 0.1) is 0 Å². The Morgan fingerprint density at radius 2 is 1.97 bits per heavy atom. The summed E-state index contributed by atoms with van der Waals surface area (Å²) in [5.41, 5.74) is 1.50. The maximum absolute atomic E-state index is 15.5. The van der Waals surface area contributed by atoms with Gasteiger partial charge in [-0.3, -0.25) is 0 Å². The van der Waals surface area contributed by atoms with Crippen molar-refractivity contribution in [2.24, 2.45) is 0 Å². The van der Waals surface area contributed by atoms with E-state index in [-0.39, 0.29) is 11.8 Å². The summed E-state index contributed by atoms with van der Waals surface area (Å²) in [4.78, 5) is 10.6. The molecule has 0 amide bonds. The number of piperidine rings is 2. The van der Waals surface area contributed by atoms with Crippen molar-refractivity contribution in [1.82, 2.24) is 25.5 Å². The molecule has 3 aliphatic heterocycles. The summed E-state index contributed by atoms with van der Waals surface area (Å²) in [5, 5.41) is 22.8. The maximum Gasteiger partial charge on any atom is 0.257 e. The third kappa shape index (κ3) is 3.99. The predicted octanol–water partition coefficient (Wildman–Crippen LogP) is 3.52. The van der Waals surface area contributed by atoms with Gasteiger partial charge in [0.05, 0.1) is 17.8 Å². The number of aromatic nitrogens is 4. The van der Waals surface area contributed by atoms with E-state index in [1.165, 1.54) is 0 Å². The molecular weight excluding hydrogens is 463 g/mol. The van der Waals surface area contributed by atoms with Crippen LogP contribution in [0.5, 0.6) is 17.4 Å². The molecule has 0 saturated carbocycles. The fourth-order valence-electron chi connectivity index (χ4n) is 5.63. The number of nitrogens with zero attached hydrogens (tertiary/aromatic N) is 5. The van der Waals surface area contributed by atoms with Crippen LogP contribution in [0.1, 0.15) is 32.6 Å². The number of fused-ring (bicyclic) bond motifs is 3. The van der Waals surface area contributed by atoms with Gasteiger partial charge in [-0.15, -0.1) is 10.2 Å². The molecule has 2 bridgehead atoms. The highest BCUT2D eigenvalue weighted by molar-refractivity contribution is 5.73. The SMILES string of the molecule is CN(c1cnc(-c2ccc(-c3cnc4c(c3)OCCO4)cc2O)nn1)[C@@H]1C[C@@H]2CCC[C@](C)(N2)[C@@H]1F. The molecule has 2 aromatic heterocycles. The number of halogens is 1. The normalized spacial score (nSPS) is 26.9. The van der Waals surface area contributed by atoms with Gasteiger partial charge in [0.1, 0.15) is 25.1 Å². The lowest BCUT2D eigenvalue weighted by molar-refractivity contribution is 0.0405. The number of ether oxygens (including phenoxy) is 2. The Hall–Kier alpha value is -3.53. The number of alkyl halides is 1. The number of hydrogen-bond acceptors (Lipinski definition) is 9. The van der Waals surface area contributed by atoms with Crippen LogP contribution < -0.4 is 19.7 Å². The number of pyridine rings is 1. The molecule has 3 aliphatic rings. The second-order valence-corrected chi connectivity index (χ2v) is 10.1. The predicted molar refractivity (Wildman–Crippen MR) is 132 cm³/mol. The Labute approximate surface area is 208 Å². The van der Waals surface area contributed by atoms with E-state index in [0.29, 0.717) is 54.5 Å². The fourth-order valence-corrected chi connectivity index (χ4v) is 5.63. The first-order valence-electron chi connectivity index (χ1n) is 12.3. The highest BCUT2D eigenvalue weighted by Crippen LogP contribution is 2.39. The largest absolute Gasteiger partial charge is 0.507 e. The monoisotopic (exact) mass is 492 g/mol. The average molecular weight is 493 g/mol. The molecule has 2 N–H and O–H groups in total. The first kappa shape index (κ1) is 22.9. The van der Waals surface area contributed by atoms with Crippen molar-refractivity contribution in [3.8, 4) is 39.9 Å². The van der Waals surface area contributed by atoms with Crippen LogP contribution in [-0.4, -0.2) is 69.3 Å². The summed E-state index contributed by atoms with van der Waals surface area (Å²) in [5.74, 6) is 1.87. The van der Waals surface area contributed by atoms with Gasteiger partial charge in [-0.25, -0.2) is 14.4 Å². The first-order valence-corrected chi connectivity index (χ1v) is 12.3. The van der Waals surface area contributed by atoms with E-state index >= 15 is 4.39 Å². The van der Waals surface area contributed by atoms with Crippen LogP contribution in [0.3, 0.4) is 0 Å². The molecule has 5 heterocycles. The van der Waals surface area contributed by atoms with E-state index in [4.69, 9.17) is 9.47 Å². The molecule has 2 saturated heterocycles. The molecule has 9 nitrogen and oxygen atoms in total. The van der Waals surface area contributed by atoms with Crippen LogP contribution in [-0.2, 0) is 0 Å². The zero-order valence-electron chi connectivity index (χ0n) is 20.3. The third-order valence-electron chi connectivity index (χ3n) is 7.63. The number of aromatic hydroxyl groups is 1. The summed E-state index contributed by atoms with van der Waals surface area (Å²) < 4.78 is 26.6. The van der Waals surface area contributed by atoms with Gasteiger partial charge in [0.15, 0.2) is 17.4 Å². The summed E-state index contributed by atoms with van der Waals surface area (Å²) in [6.07, 6.45) is 5.91. The number of nitrogens with one attached hydrogen (secondary N) is 1. The van der Waals surface area contributed by atoms with E-state index < -0.39 is 11.7 Å². The second kappa shape index (κ2) is 8.85. The number of phenols is 1. The number of hydrogen-bond donors (Lipinski definition) is 2. The molecule has 36 heavy (non-hydrogen) atoms. The summed E-state index contributed by atoms with van der Waals surface area (Å²) in [7, 11) is 1.85. The number of benzene rings is 1. The topological polar surface area (TPSA) is 106 Å². The lowest BCUT2D eigenvalue weighted by Gasteiger charge is -2.52. The fraction of sp³-hybridized carbons (Fsp3) is 0.462. The first-order chi connectivity index (χ1) is 17.4. The summed E-state index contributed by atoms with van der Waals surface area (Å²) in [6, 6.07) is 7.08. The van der Waals surface area contributed by atoms with Crippen LogP contribution in [0.25, 0.3) is 22.5 Å². The zero-order valence-corrected chi connectivity index (χ0v) is 20.3. The highest BCUT2D eigenvalue weighted by atomic mass is 19.1. The van der Waals surface area contributed by atoms with Gasteiger partial charge in [0.25, 0.3) is 5.88 Å². The average Bonchev–Trinajstić information content (AvgIpc) is 2.90. The van der Waals surface area contributed by atoms with Crippen LogP contribution in [0.4, 0.5) is 10.2 Å². The summed E-state index contributed by atoms with van der Waals surface area (Å²) >= 11 is 0. The van der Waals surface area contributed by atoms with E-state index in [0.717, 1.165) is 30.4 Å². The van der Waals surface area contributed by atoms with Crippen LogP contribution in [0.15, 0.2) is 36.7 Å². The molecular formula is C26H29FN6O3. The van der Waals surface area contributed by atoms with Crippen molar-refractivity contribution in [3.63, 3.8) is 0 Å². The Balaban J connectivity index is 1.21. The smallest absolute Gasteiger partial charge is 0.257 e. The maximum atomic E-state index is 15.5. The highest BCUT2D eigenvalue weighted by Gasteiger charge is 2.49. The lowest BCUT2D eigenvalue weighted by atomic mass is 9.73. The molecule has 0 radical (unpaired) electrons. The van der Waals surface area contributed by atoms with Crippen molar-refractivity contribution in [2.75, 3.05) is 25.2 Å². The number of phenolic OH excluding ortho intramolecular Hbond substituents is 1. The van der Waals surface area contributed by atoms with Gasteiger partial charge >= 0.3 is 0 Å². The molecule has 0 aliphatic carbocycles. The van der Waals surface area contributed by atoms with E-state index in [9.17, 15) is 5.11 Å². The van der Waals surface area contributed by atoms with Crippen LogP contribution in [0.2, 0.25) is 0 Å². The quantitative estimate of drug-likeness (QED) is 0.566. The van der Waals surface area contributed by atoms with Gasteiger partial charge in [-0.05, 0) is 56.4 Å². The molecule has 4 atom stereocenters. The van der Waals surface area contributed by atoms with Gasteiger partial charge in [-0.1, -0.05) is 6.07 Å². The molecule has 6 rings (SSSR count). The standard InChI is InChI=1S/C26H29FN6O3/c1-26-7-3-4-17(30-26)12-19(23(26)27)33(2)22-14-28-24(32-31-22)18-6-5-15(10-20(18)34)16-11-21-25(29-13-16)36-9-8-35-21/h5-6,10-11,13-14,17,19,23,30,34H,3-4,7-9,12H2,1-2H3/t17-,19+,23+,26-/m0/s1. The summed E-state index contributed by atoms with van der Waals surface area (Å²) in [6.45, 7) is 2.93. The van der Waals surface area contributed by atoms with Gasteiger partial charge < -0.3 is 24.8 Å². The van der Waals surface area contributed by atoms with Crippen molar-refractivity contribution < 1.29 is 19.0 Å². The molecule has 10 heteroatoms. The Bertz CT molecular complexity index is 1280. The Morgan fingerprint density at radius 1 is 1.11 bits per heavy atom. The van der Waals surface area contributed by atoms with E-state index in [1.54, 1.807) is 24.5 Å². The van der Waals surface area contributed by atoms with Crippen LogP contribution >= 0.6 is 0 Å². The van der Waals surface area contributed by atoms with Gasteiger partial charge in [0.2, 0.25) is 0 Å². The zero-order chi connectivity index (χ0) is 24.9. The van der Waals surface area contributed by atoms with E-state index in [1.807, 2.05) is 31.0 Å². The molecule has 0 unspecified atom stereocenters. The van der Waals surface area contributed by atoms with Gasteiger partial charge in [-0.2, -0.15) is 0 Å². The van der Waals surface area contributed by atoms with E-state index in [2.05, 4.69) is 25.5 Å². The van der Waals surface area contributed by atoms with Crippen molar-refractivity contribution >= 4 is 5.82 Å². The minimum absolute atomic E-state index is 0.0215. The second-order valence-electron chi connectivity index (χ2n) is 10.1. The Kier molecular flexibility index (Phi) is 5.63. The molecule has 0 spiro atoms.